The number of nitrogens with zero attached hydrogens (tertiary/aromatic N) is 2. The molecule has 0 unspecified atom stereocenters. The van der Waals surface area contributed by atoms with Crippen LogP contribution in [0, 0.1) is 0 Å². The lowest BCUT2D eigenvalue weighted by atomic mass is 10.3. The van der Waals surface area contributed by atoms with Gasteiger partial charge in [0.1, 0.15) is 0 Å². The second kappa shape index (κ2) is 5.52. The summed E-state index contributed by atoms with van der Waals surface area (Å²) in [7, 11) is -3.60. The number of amides is 1. The van der Waals surface area contributed by atoms with Crippen molar-refractivity contribution in [2.24, 2.45) is 0 Å². The number of sulfone groups is 1. The summed E-state index contributed by atoms with van der Waals surface area (Å²) < 4.78 is 24.7. The average Bonchev–Trinajstić information content (AvgIpc) is 2.77. The van der Waals surface area contributed by atoms with Crippen LogP contribution in [0.15, 0.2) is 29.6 Å². The number of fused-ring (bicyclic) bond motifs is 1. The maximum absolute atomic E-state index is 12.0. The lowest BCUT2D eigenvalue weighted by Crippen LogP contribution is -2.26. The van der Waals surface area contributed by atoms with Crippen molar-refractivity contribution in [3.8, 4) is 0 Å². The van der Waals surface area contributed by atoms with Crippen molar-refractivity contribution in [3.05, 3.63) is 30.1 Å². The van der Waals surface area contributed by atoms with Crippen LogP contribution >= 0.6 is 0 Å². The Morgan fingerprint density at radius 2 is 2.10 bits per heavy atom. The van der Waals surface area contributed by atoms with Gasteiger partial charge in [-0.15, -0.1) is 0 Å². The highest BCUT2D eigenvalue weighted by Crippen LogP contribution is 2.16. The molecule has 0 aliphatic carbocycles. The van der Waals surface area contributed by atoms with Crippen molar-refractivity contribution in [1.82, 2.24) is 14.7 Å². The molecule has 8 nitrogen and oxygen atoms in total. The Morgan fingerprint density at radius 3 is 2.71 bits per heavy atom. The number of imidazole rings is 1. The molecule has 0 spiro atoms. The van der Waals surface area contributed by atoms with Gasteiger partial charge in [0.2, 0.25) is 15.0 Å². The lowest BCUT2D eigenvalue weighted by molar-refractivity contribution is -0.136. The first kappa shape index (κ1) is 15.0. The first-order valence-corrected chi connectivity index (χ1v) is 7.87. The largest absolute Gasteiger partial charge is 0.481 e. The van der Waals surface area contributed by atoms with E-state index in [0.29, 0.717) is 5.52 Å². The Labute approximate surface area is 120 Å². The summed E-state index contributed by atoms with van der Waals surface area (Å²) in [6.45, 7) is -0.0613. The van der Waals surface area contributed by atoms with E-state index in [-0.39, 0.29) is 23.8 Å². The fourth-order valence-electron chi connectivity index (χ4n) is 1.81. The standard InChI is InChI=1S/C12H13N3O5S/c1-21(19,20)12-14-10(8-4-2-3-7-15(8)12)11(18)13-6-5-9(16)17/h2-4,7H,5-6H2,1H3,(H,13,18)(H,16,17). The number of aromatic nitrogens is 2. The highest BCUT2D eigenvalue weighted by atomic mass is 32.2. The number of carboxylic acids is 1. The molecule has 2 N–H and O–H groups in total. The number of nitrogens with one attached hydrogen (secondary N) is 1. The summed E-state index contributed by atoms with van der Waals surface area (Å²) in [5.41, 5.74) is 0.284. The van der Waals surface area contributed by atoms with E-state index in [1.165, 1.54) is 10.6 Å². The molecule has 21 heavy (non-hydrogen) atoms. The third kappa shape index (κ3) is 3.19. The molecule has 2 rings (SSSR count). The van der Waals surface area contributed by atoms with Crippen LogP contribution in [0.5, 0.6) is 0 Å². The maximum Gasteiger partial charge on any atom is 0.305 e. The van der Waals surface area contributed by atoms with Crippen LogP contribution in [-0.4, -0.2) is 47.6 Å². The number of rotatable bonds is 5. The normalized spacial score (nSPS) is 11.5. The molecule has 112 valence electrons. The number of hydrogen-bond acceptors (Lipinski definition) is 5. The van der Waals surface area contributed by atoms with Crippen molar-refractivity contribution in [3.63, 3.8) is 0 Å². The van der Waals surface area contributed by atoms with E-state index >= 15 is 0 Å². The van der Waals surface area contributed by atoms with Gasteiger partial charge in [-0.05, 0) is 12.1 Å². The molecule has 0 radical (unpaired) electrons. The molecular weight excluding hydrogens is 298 g/mol. The van der Waals surface area contributed by atoms with Gasteiger partial charge in [0.15, 0.2) is 5.69 Å². The third-order valence-corrected chi connectivity index (χ3v) is 3.64. The van der Waals surface area contributed by atoms with Crippen LogP contribution in [0.25, 0.3) is 5.52 Å². The second-order valence-electron chi connectivity index (χ2n) is 4.37. The molecule has 0 aliphatic rings. The van der Waals surface area contributed by atoms with Gasteiger partial charge in [0, 0.05) is 19.0 Å². The Kier molecular flexibility index (Phi) is 3.94. The molecule has 0 saturated heterocycles. The number of aliphatic carboxylic acids is 1. The summed E-state index contributed by atoms with van der Waals surface area (Å²) in [6.07, 6.45) is 2.27. The van der Waals surface area contributed by atoms with Crippen molar-refractivity contribution in [1.29, 1.82) is 0 Å². The van der Waals surface area contributed by atoms with Gasteiger partial charge in [0.25, 0.3) is 5.91 Å². The molecule has 2 aromatic heterocycles. The molecular formula is C12H13N3O5S. The molecule has 0 aliphatic heterocycles. The van der Waals surface area contributed by atoms with Crippen LogP contribution < -0.4 is 5.32 Å². The van der Waals surface area contributed by atoms with Crippen LogP contribution in [0.3, 0.4) is 0 Å². The molecule has 0 bridgehead atoms. The van der Waals surface area contributed by atoms with Gasteiger partial charge >= 0.3 is 5.97 Å². The van der Waals surface area contributed by atoms with E-state index in [0.717, 1.165) is 6.26 Å². The molecule has 0 atom stereocenters. The van der Waals surface area contributed by atoms with Gasteiger partial charge in [-0.25, -0.2) is 13.4 Å². The molecule has 9 heteroatoms. The average molecular weight is 311 g/mol. The smallest absolute Gasteiger partial charge is 0.305 e. The Hall–Kier alpha value is -2.42. The van der Waals surface area contributed by atoms with Gasteiger partial charge < -0.3 is 10.4 Å². The van der Waals surface area contributed by atoms with Crippen molar-refractivity contribution in [2.75, 3.05) is 12.8 Å². The molecule has 0 aromatic carbocycles. The van der Waals surface area contributed by atoms with Crippen molar-refractivity contribution in [2.45, 2.75) is 11.6 Å². The summed E-state index contributed by atoms with van der Waals surface area (Å²) in [5.74, 6) is -1.66. The highest BCUT2D eigenvalue weighted by Gasteiger charge is 2.22. The fraction of sp³-hybridized carbons (Fsp3) is 0.250. The van der Waals surface area contributed by atoms with E-state index in [4.69, 9.17) is 5.11 Å². The second-order valence-corrected chi connectivity index (χ2v) is 6.28. The summed E-state index contributed by atoms with van der Waals surface area (Å²) in [6, 6.07) is 4.83. The van der Waals surface area contributed by atoms with E-state index in [9.17, 15) is 18.0 Å². The topological polar surface area (TPSA) is 118 Å². The Morgan fingerprint density at radius 1 is 1.38 bits per heavy atom. The number of carbonyl (C=O) groups excluding carboxylic acids is 1. The van der Waals surface area contributed by atoms with Gasteiger partial charge in [-0.2, -0.15) is 0 Å². The molecule has 0 saturated carbocycles. The quantitative estimate of drug-likeness (QED) is 0.799. The summed E-state index contributed by atoms with van der Waals surface area (Å²) >= 11 is 0. The minimum absolute atomic E-state index is 0.0542. The predicted octanol–water partition coefficient (Wildman–Crippen LogP) is -0.0577. The number of hydrogen-bond donors (Lipinski definition) is 2. The Bertz CT molecular complexity index is 809. The third-order valence-electron chi connectivity index (χ3n) is 2.69. The number of pyridine rings is 1. The Balaban J connectivity index is 2.41. The molecule has 1 amide bonds. The van der Waals surface area contributed by atoms with Crippen LogP contribution in [0.1, 0.15) is 16.9 Å². The van der Waals surface area contributed by atoms with Crippen LogP contribution in [0.4, 0.5) is 0 Å². The van der Waals surface area contributed by atoms with Crippen molar-refractivity contribution >= 4 is 27.2 Å². The number of carboxylic acid groups (broad SMARTS) is 1. The van der Waals surface area contributed by atoms with Crippen LogP contribution in [0.2, 0.25) is 0 Å². The van der Waals surface area contributed by atoms with Gasteiger partial charge in [-0.3, -0.25) is 14.0 Å². The zero-order valence-electron chi connectivity index (χ0n) is 11.1. The monoisotopic (exact) mass is 311 g/mol. The molecule has 2 aromatic rings. The fourth-order valence-corrected chi connectivity index (χ4v) is 2.58. The lowest BCUT2D eigenvalue weighted by Gasteiger charge is -2.01. The van der Waals surface area contributed by atoms with Crippen LogP contribution in [-0.2, 0) is 14.6 Å². The van der Waals surface area contributed by atoms with E-state index in [1.807, 2.05) is 0 Å². The first-order chi connectivity index (χ1) is 9.80. The summed E-state index contributed by atoms with van der Waals surface area (Å²) in [5, 5.41) is 10.7. The maximum atomic E-state index is 12.0. The minimum atomic E-state index is -3.60. The highest BCUT2D eigenvalue weighted by molar-refractivity contribution is 7.90. The number of carbonyl (C=O) groups is 2. The predicted molar refractivity (Wildman–Crippen MR) is 72.9 cm³/mol. The SMILES string of the molecule is CS(=O)(=O)c1nc(C(=O)NCCC(=O)O)c2ccccn12. The van der Waals surface area contributed by atoms with Crippen molar-refractivity contribution < 1.29 is 23.1 Å². The van der Waals surface area contributed by atoms with Gasteiger partial charge in [-0.1, -0.05) is 6.07 Å². The van der Waals surface area contributed by atoms with E-state index in [1.54, 1.807) is 18.2 Å². The zero-order chi connectivity index (χ0) is 15.6. The van der Waals surface area contributed by atoms with E-state index < -0.39 is 21.7 Å². The first-order valence-electron chi connectivity index (χ1n) is 5.98. The van der Waals surface area contributed by atoms with Gasteiger partial charge in [0.05, 0.1) is 11.9 Å². The van der Waals surface area contributed by atoms with E-state index in [2.05, 4.69) is 10.3 Å². The minimum Gasteiger partial charge on any atom is -0.481 e. The summed E-state index contributed by atoms with van der Waals surface area (Å²) in [4.78, 5) is 26.3. The molecule has 2 heterocycles. The zero-order valence-corrected chi connectivity index (χ0v) is 11.9. The molecule has 0 fully saturated rings.